The van der Waals surface area contributed by atoms with Gasteiger partial charge in [0.1, 0.15) is 5.01 Å². The average Bonchev–Trinajstić information content (AvgIpc) is 2.64. The molecule has 1 aromatic rings. The molecule has 2 unspecified atom stereocenters. The van der Waals surface area contributed by atoms with Crippen LogP contribution >= 0.6 is 11.3 Å². The molecule has 1 aromatic heterocycles. The molecular weight excluding hydrogens is 212 g/mol. The molecule has 2 atom stereocenters. The van der Waals surface area contributed by atoms with Gasteiger partial charge in [0, 0.05) is 6.04 Å². The monoisotopic (exact) mass is 228 g/mol. The van der Waals surface area contributed by atoms with Gasteiger partial charge in [-0.15, -0.1) is 10.2 Å². The predicted octanol–water partition coefficient (Wildman–Crippen LogP) is 1.02. The minimum Gasteiger partial charge on any atom is -0.327 e. The Labute approximate surface area is 93.1 Å². The van der Waals surface area contributed by atoms with Gasteiger partial charge in [-0.1, -0.05) is 25.2 Å². The normalized spacial score (nSPS) is 14.7. The third kappa shape index (κ3) is 3.24. The van der Waals surface area contributed by atoms with Crippen LogP contribution in [0.5, 0.6) is 0 Å². The molecule has 1 rings (SSSR count). The van der Waals surface area contributed by atoms with E-state index in [4.69, 9.17) is 5.73 Å². The number of rotatable bonds is 4. The Kier molecular flexibility index (Phi) is 4.16. The number of aromatic nitrogens is 2. The predicted molar refractivity (Wildman–Crippen MR) is 60.7 cm³/mol. The maximum absolute atomic E-state index is 11.6. The van der Waals surface area contributed by atoms with Crippen molar-refractivity contribution in [1.82, 2.24) is 10.2 Å². The van der Waals surface area contributed by atoms with E-state index in [-0.39, 0.29) is 17.9 Å². The lowest BCUT2D eigenvalue weighted by Gasteiger charge is -2.13. The van der Waals surface area contributed by atoms with Crippen LogP contribution in [-0.4, -0.2) is 22.1 Å². The summed E-state index contributed by atoms with van der Waals surface area (Å²) in [6.45, 7) is 5.60. The molecular formula is C9H16N4OS. The number of carbonyl (C=O) groups is 1. The summed E-state index contributed by atoms with van der Waals surface area (Å²) in [6, 6.07) is -0.163. The molecule has 0 aliphatic rings. The van der Waals surface area contributed by atoms with Crippen LogP contribution in [0.4, 0.5) is 5.13 Å². The van der Waals surface area contributed by atoms with Gasteiger partial charge in [-0.25, -0.2) is 0 Å². The van der Waals surface area contributed by atoms with Crippen LogP contribution in [0.2, 0.25) is 0 Å². The van der Waals surface area contributed by atoms with E-state index >= 15 is 0 Å². The zero-order chi connectivity index (χ0) is 11.4. The second-order valence-corrected chi connectivity index (χ2v) is 4.55. The molecule has 0 saturated heterocycles. The van der Waals surface area contributed by atoms with Crippen molar-refractivity contribution in [2.45, 2.75) is 33.2 Å². The Morgan fingerprint density at radius 1 is 1.53 bits per heavy atom. The third-order valence-electron chi connectivity index (χ3n) is 2.20. The van der Waals surface area contributed by atoms with Crippen molar-refractivity contribution < 1.29 is 4.79 Å². The van der Waals surface area contributed by atoms with E-state index < -0.39 is 0 Å². The number of nitrogens with one attached hydrogen (secondary N) is 1. The second kappa shape index (κ2) is 5.18. The lowest BCUT2D eigenvalue weighted by molar-refractivity contribution is -0.119. The van der Waals surface area contributed by atoms with Crippen LogP contribution < -0.4 is 11.1 Å². The number of hydrogen-bond acceptors (Lipinski definition) is 5. The molecule has 0 aliphatic carbocycles. The van der Waals surface area contributed by atoms with Gasteiger partial charge in [0.05, 0.1) is 5.92 Å². The van der Waals surface area contributed by atoms with Crippen molar-refractivity contribution >= 4 is 22.4 Å². The first-order chi connectivity index (χ1) is 7.04. The summed E-state index contributed by atoms with van der Waals surface area (Å²) in [4.78, 5) is 11.6. The highest BCUT2D eigenvalue weighted by Crippen LogP contribution is 2.16. The molecule has 1 amide bonds. The number of carbonyl (C=O) groups excluding carboxylic acids is 1. The molecule has 6 heteroatoms. The fraction of sp³-hybridized carbons (Fsp3) is 0.667. The van der Waals surface area contributed by atoms with Gasteiger partial charge in [0.2, 0.25) is 11.0 Å². The first-order valence-corrected chi connectivity index (χ1v) is 5.75. The van der Waals surface area contributed by atoms with E-state index in [0.717, 1.165) is 11.4 Å². The fourth-order valence-corrected chi connectivity index (χ4v) is 1.59. The molecule has 0 fully saturated rings. The molecule has 0 aliphatic heterocycles. The zero-order valence-electron chi connectivity index (χ0n) is 9.15. The quantitative estimate of drug-likeness (QED) is 0.806. The molecule has 1 heterocycles. The Balaban J connectivity index is 2.58. The lowest BCUT2D eigenvalue weighted by atomic mass is 10.0. The first-order valence-electron chi connectivity index (χ1n) is 4.93. The minimum absolute atomic E-state index is 0.108. The van der Waals surface area contributed by atoms with E-state index in [1.54, 1.807) is 6.92 Å². The zero-order valence-corrected chi connectivity index (χ0v) is 9.97. The molecule has 0 aromatic carbocycles. The van der Waals surface area contributed by atoms with Crippen molar-refractivity contribution in [3.8, 4) is 0 Å². The molecule has 0 saturated carbocycles. The number of hydrogen-bond donors (Lipinski definition) is 2. The van der Waals surface area contributed by atoms with Crippen molar-refractivity contribution in [1.29, 1.82) is 0 Å². The standard InChI is InChI=1S/C9H16N4OS/c1-4-7-12-13-9(15-7)11-8(14)5(2)6(3)10/h5-6H,4,10H2,1-3H3,(H,11,13,14). The van der Waals surface area contributed by atoms with Gasteiger partial charge >= 0.3 is 0 Å². The minimum atomic E-state index is -0.223. The van der Waals surface area contributed by atoms with Crippen molar-refractivity contribution in [2.75, 3.05) is 5.32 Å². The SMILES string of the molecule is CCc1nnc(NC(=O)C(C)C(C)N)s1. The summed E-state index contributed by atoms with van der Waals surface area (Å²) >= 11 is 1.40. The fourth-order valence-electron chi connectivity index (χ4n) is 0.905. The van der Waals surface area contributed by atoms with Crippen molar-refractivity contribution in [2.24, 2.45) is 11.7 Å². The third-order valence-corrected chi connectivity index (χ3v) is 3.18. The Morgan fingerprint density at radius 3 is 2.67 bits per heavy atom. The Morgan fingerprint density at radius 2 is 2.20 bits per heavy atom. The van der Waals surface area contributed by atoms with E-state index in [2.05, 4.69) is 15.5 Å². The van der Waals surface area contributed by atoms with Gasteiger partial charge in [0.15, 0.2) is 0 Å². The Hall–Kier alpha value is -1.01. The van der Waals surface area contributed by atoms with E-state index in [1.165, 1.54) is 11.3 Å². The van der Waals surface area contributed by atoms with Crippen LogP contribution in [0.15, 0.2) is 0 Å². The van der Waals surface area contributed by atoms with Crippen LogP contribution in [0, 0.1) is 5.92 Å². The maximum Gasteiger partial charge on any atom is 0.230 e. The topological polar surface area (TPSA) is 80.9 Å². The summed E-state index contributed by atoms with van der Waals surface area (Å²) in [6.07, 6.45) is 0.830. The van der Waals surface area contributed by atoms with Gasteiger partial charge in [-0.2, -0.15) is 0 Å². The highest BCUT2D eigenvalue weighted by molar-refractivity contribution is 7.15. The van der Waals surface area contributed by atoms with Crippen molar-refractivity contribution in [3.63, 3.8) is 0 Å². The van der Waals surface area contributed by atoms with Gasteiger partial charge in [-0.3, -0.25) is 4.79 Å². The maximum atomic E-state index is 11.6. The summed E-state index contributed by atoms with van der Waals surface area (Å²) in [7, 11) is 0. The molecule has 0 bridgehead atoms. The summed E-state index contributed by atoms with van der Waals surface area (Å²) in [5.41, 5.74) is 5.63. The molecule has 5 nitrogen and oxygen atoms in total. The number of aryl methyl sites for hydroxylation is 1. The van der Waals surface area contributed by atoms with Gasteiger partial charge in [-0.05, 0) is 13.3 Å². The molecule has 0 radical (unpaired) electrons. The van der Waals surface area contributed by atoms with E-state index in [9.17, 15) is 4.79 Å². The van der Waals surface area contributed by atoms with E-state index in [0.29, 0.717) is 5.13 Å². The number of nitrogens with two attached hydrogens (primary N) is 1. The molecule has 3 N–H and O–H groups in total. The average molecular weight is 228 g/mol. The number of anilines is 1. The van der Waals surface area contributed by atoms with Crippen molar-refractivity contribution in [3.05, 3.63) is 5.01 Å². The van der Waals surface area contributed by atoms with Crippen LogP contribution in [-0.2, 0) is 11.2 Å². The lowest BCUT2D eigenvalue weighted by Crippen LogP contribution is -2.34. The number of amides is 1. The Bertz CT molecular complexity index is 337. The first kappa shape index (κ1) is 12.1. The van der Waals surface area contributed by atoms with E-state index in [1.807, 2.05) is 13.8 Å². The summed E-state index contributed by atoms with van der Waals surface area (Å²) in [5.74, 6) is -0.331. The second-order valence-electron chi connectivity index (χ2n) is 3.49. The summed E-state index contributed by atoms with van der Waals surface area (Å²) in [5, 5.41) is 11.9. The molecule has 0 spiro atoms. The number of nitrogens with zero attached hydrogens (tertiary/aromatic N) is 2. The largest absolute Gasteiger partial charge is 0.327 e. The van der Waals surface area contributed by atoms with Crippen LogP contribution in [0.3, 0.4) is 0 Å². The van der Waals surface area contributed by atoms with Crippen LogP contribution in [0.1, 0.15) is 25.8 Å². The smallest absolute Gasteiger partial charge is 0.230 e. The van der Waals surface area contributed by atoms with Gasteiger partial charge in [0.25, 0.3) is 0 Å². The van der Waals surface area contributed by atoms with Crippen LogP contribution in [0.25, 0.3) is 0 Å². The van der Waals surface area contributed by atoms with Gasteiger partial charge < -0.3 is 11.1 Å². The summed E-state index contributed by atoms with van der Waals surface area (Å²) < 4.78 is 0. The molecule has 15 heavy (non-hydrogen) atoms. The highest BCUT2D eigenvalue weighted by Gasteiger charge is 2.18. The highest BCUT2D eigenvalue weighted by atomic mass is 32.1. The molecule has 84 valence electrons.